The summed E-state index contributed by atoms with van der Waals surface area (Å²) in [7, 11) is 0. The van der Waals surface area contributed by atoms with Gasteiger partial charge in [-0.15, -0.1) is 0 Å². The standard InChI is InChI=1S/C24H17Cl2NO2S/c1-14-6-8-16(9-7-14)21-22(30-18-12-10-17(25)11-13-18)24(29)27(23(21)28)20-5-3-4-19(26)15(20)2/h3-13H,1-2H3. The molecule has 0 aromatic heterocycles. The molecule has 150 valence electrons. The molecule has 0 atom stereocenters. The molecule has 0 bridgehead atoms. The molecule has 30 heavy (non-hydrogen) atoms. The third-order valence-electron chi connectivity index (χ3n) is 4.90. The average Bonchev–Trinajstić information content (AvgIpc) is 2.96. The second kappa shape index (κ2) is 8.31. The van der Waals surface area contributed by atoms with Crippen molar-refractivity contribution in [2.75, 3.05) is 4.90 Å². The molecule has 3 nitrogen and oxygen atoms in total. The normalized spacial score (nSPS) is 14.1. The van der Waals surface area contributed by atoms with Crippen molar-refractivity contribution in [1.29, 1.82) is 0 Å². The van der Waals surface area contributed by atoms with Crippen LogP contribution in [0.1, 0.15) is 16.7 Å². The Kier molecular flexibility index (Phi) is 5.74. The molecule has 3 aromatic rings. The predicted molar refractivity (Wildman–Crippen MR) is 124 cm³/mol. The Labute approximate surface area is 189 Å². The van der Waals surface area contributed by atoms with Crippen molar-refractivity contribution >= 4 is 58.0 Å². The van der Waals surface area contributed by atoms with E-state index in [9.17, 15) is 9.59 Å². The van der Waals surface area contributed by atoms with Crippen molar-refractivity contribution in [3.8, 4) is 0 Å². The maximum atomic E-state index is 13.5. The van der Waals surface area contributed by atoms with Crippen LogP contribution in [0.3, 0.4) is 0 Å². The number of halogens is 2. The zero-order valence-corrected chi connectivity index (χ0v) is 18.6. The number of amides is 2. The first kappa shape index (κ1) is 20.7. The van der Waals surface area contributed by atoms with Crippen LogP contribution >= 0.6 is 35.0 Å². The van der Waals surface area contributed by atoms with E-state index in [1.54, 1.807) is 37.3 Å². The lowest BCUT2D eigenvalue weighted by Gasteiger charge is -2.18. The van der Waals surface area contributed by atoms with Crippen LogP contribution in [0.15, 0.2) is 76.5 Å². The molecule has 0 N–H and O–H groups in total. The van der Waals surface area contributed by atoms with E-state index in [-0.39, 0.29) is 11.8 Å². The van der Waals surface area contributed by atoms with Gasteiger partial charge in [0.2, 0.25) is 0 Å². The van der Waals surface area contributed by atoms with Crippen LogP contribution in [0.4, 0.5) is 5.69 Å². The number of nitrogens with zero attached hydrogens (tertiary/aromatic N) is 1. The number of imide groups is 1. The average molecular weight is 454 g/mol. The van der Waals surface area contributed by atoms with Gasteiger partial charge in [0.25, 0.3) is 11.8 Å². The number of carbonyl (C=O) groups excluding carboxylic acids is 2. The zero-order chi connectivity index (χ0) is 21.4. The number of rotatable bonds is 4. The van der Waals surface area contributed by atoms with E-state index in [0.29, 0.717) is 37.3 Å². The Morgan fingerprint density at radius 3 is 2.13 bits per heavy atom. The number of carbonyl (C=O) groups is 2. The summed E-state index contributed by atoms with van der Waals surface area (Å²) in [6.07, 6.45) is 0. The SMILES string of the molecule is Cc1ccc(C2=C(Sc3ccc(Cl)cc3)C(=O)N(c3cccc(Cl)c3C)C2=O)cc1. The molecule has 0 saturated carbocycles. The van der Waals surface area contributed by atoms with Crippen LogP contribution < -0.4 is 4.90 Å². The maximum absolute atomic E-state index is 13.5. The van der Waals surface area contributed by atoms with Crippen LogP contribution in [0.2, 0.25) is 10.0 Å². The number of thioether (sulfide) groups is 1. The number of hydrogen-bond acceptors (Lipinski definition) is 3. The lowest BCUT2D eigenvalue weighted by atomic mass is 10.0. The lowest BCUT2D eigenvalue weighted by molar-refractivity contribution is -0.119. The molecule has 1 aliphatic heterocycles. The van der Waals surface area contributed by atoms with E-state index in [1.165, 1.54) is 16.7 Å². The highest BCUT2D eigenvalue weighted by molar-refractivity contribution is 8.04. The van der Waals surface area contributed by atoms with E-state index in [2.05, 4.69) is 0 Å². The summed E-state index contributed by atoms with van der Waals surface area (Å²) >= 11 is 13.5. The van der Waals surface area contributed by atoms with E-state index in [1.807, 2.05) is 43.3 Å². The highest BCUT2D eigenvalue weighted by Gasteiger charge is 2.41. The summed E-state index contributed by atoms with van der Waals surface area (Å²) in [5.41, 5.74) is 3.35. The van der Waals surface area contributed by atoms with Gasteiger partial charge in [0, 0.05) is 14.9 Å². The number of anilines is 1. The van der Waals surface area contributed by atoms with Crippen molar-refractivity contribution in [2.24, 2.45) is 0 Å². The molecule has 0 unspecified atom stereocenters. The van der Waals surface area contributed by atoms with Gasteiger partial charge < -0.3 is 0 Å². The fraction of sp³-hybridized carbons (Fsp3) is 0.0833. The van der Waals surface area contributed by atoms with Gasteiger partial charge >= 0.3 is 0 Å². The molecule has 1 aliphatic rings. The summed E-state index contributed by atoms with van der Waals surface area (Å²) in [5, 5.41) is 1.11. The van der Waals surface area contributed by atoms with Crippen molar-refractivity contribution in [3.05, 3.63) is 98.4 Å². The quantitative estimate of drug-likeness (QED) is 0.413. The molecule has 0 radical (unpaired) electrons. The fourth-order valence-corrected chi connectivity index (χ4v) is 4.55. The number of hydrogen-bond donors (Lipinski definition) is 0. The molecular formula is C24H17Cl2NO2S. The third-order valence-corrected chi connectivity index (χ3v) is 6.65. The molecule has 0 fully saturated rings. The van der Waals surface area contributed by atoms with Gasteiger partial charge in [-0.05, 0) is 61.4 Å². The first-order valence-electron chi connectivity index (χ1n) is 9.25. The third kappa shape index (κ3) is 3.79. The Bertz CT molecular complexity index is 1180. The van der Waals surface area contributed by atoms with Crippen LogP contribution in [-0.4, -0.2) is 11.8 Å². The lowest BCUT2D eigenvalue weighted by Crippen LogP contribution is -2.32. The maximum Gasteiger partial charge on any atom is 0.272 e. The van der Waals surface area contributed by atoms with Crippen LogP contribution in [0, 0.1) is 13.8 Å². The minimum absolute atomic E-state index is 0.356. The number of aryl methyl sites for hydroxylation is 1. The zero-order valence-electron chi connectivity index (χ0n) is 16.3. The van der Waals surface area contributed by atoms with Gasteiger partial charge in [0.15, 0.2) is 0 Å². The molecule has 1 heterocycles. The van der Waals surface area contributed by atoms with E-state index >= 15 is 0 Å². The summed E-state index contributed by atoms with van der Waals surface area (Å²) in [4.78, 5) is 29.4. The molecule has 6 heteroatoms. The second-order valence-corrected chi connectivity index (χ2v) is 8.88. The molecular weight excluding hydrogens is 437 g/mol. The molecule has 0 spiro atoms. The first-order chi connectivity index (χ1) is 14.4. The topological polar surface area (TPSA) is 37.4 Å². The minimum Gasteiger partial charge on any atom is -0.268 e. The van der Waals surface area contributed by atoms with Gasteiger partial charge in [-0.2, -0.15) is 0 Å². The van der Waals surface area contributed by atoms with Gasteiger partial charge in [-0.1, -0.05) is 70.9 Å². The predicted octanol–water partition coefficient (Wildman–Crippen LogP) is 6.69. The summed E-state index contributed by atoms with van der Waals surface area (Å²) in [6, 6.07) is 20.0. The monoisotopic (exact) mass is 453 g/mol. The van der Waals surface area contributed by atoms with Crippen LogP contribution in [0.5, 0.6) is 0 Å². The Hall–Kier alpha value is -2.53. The highest BCUT2D eigenvalue weighted by Crippen LogP contribution is 2.42. The highest BCUT2D eigenvalue weighted by atomic mass is 35.5. The van der Waals surface area contributed by atoms with Gasteiger partial charge in [-0.3, -0.25) is 9.59 Å². The molecule has 3 aromatic carbocycles. The molecule has 4 rings (SSSR count). The molecule has 2 amide bonds. The first-order valence-corrected chi connectivity index (χ1v) is 10.8. The molecule has 0 aliphatic carbocycles. The smallest absolute Gasteiger partial charge is 0.268 e. The van der Waals surface area contributed by atoms with E-state index < -0.39 is 0 Å². The Morgan fingerprint density at radius 1 is 0.800 bits per heavy atom. The second-order valence-electron chi connectivity index (χ2n) is 6.96. The summed E-state index contributed by atoms with van der Waals surface area (Å²) in [6.45, 7) is 3.78. The van der Waals surface area contributed by atoms with Gasteiger partial charge in [0.05, 0.1) is 16.2 Å². The Morgan fingerprint density at radius 2 is 1.47 bits per heavy atom. The van der Waals surface area contributed by atoms with Crippen molar-refractivity contribution < 1.29 is 9.59 Å². The minimum atomic E-state index is -0.360. The molecule has 0 saturated heterocycles. The van der Waals surface area contributed by atoms with Gasteiger partial charge in [0.1, 0.15) is 0 Å². The largest absolute Gasteiger partial charge is 0.272 e. The Balaban J connectivity index is 1.84. The van der Waals surface area contributed by atoms with Crippen molar-refractivity contribution in [3.63, 3.8) is 0 Å². The van der Waals surface area contributed by atoms with E-state index in [0.717, 1.165) is 10.5 Å². The van der Waals surface area contributed by atoms with Crippen LogP contribution in [-0.2, 0) is 9.59 Å². The van der Waals surface area contributed by atoms with Crippen molar-refractivity contribution in [2.45, 2.75) is 18.7 Å². The summed E-state index contributed by atoms with van der Waals surface area (Å²) < 4.78 is 0. The van der Waals surface area contributed by atoms with E-state index in [4.69, 9.17) is 23.2 Å². The van der Waals surface area contributed by atoms with Crippen LogP contribution in [0.25, 0.3) is 5.57 Å². The number of benzene rings is 3. The fourth-order valence-electron chi connectivity index (χ4n) is 3.26. The summed E-state index contributed by atoms with van der Waals surface area (Å²) in [5.74, 6) is -0.716. The van der Waals surface area contributed by atoms with Crippen molar-refractivity contribution in [1.82, 2.24) is 0 Å². The van der Waals surface area contributed by atoms with Gasteiger partial charge in [-0.25, -0.2) is 4.90 Å².